The summed E-state index contributed by atoms with van der Waals surface area (Å²) in [5.41, 5.74) is 7.33. The lowest BCUT2D eigenvalue weighted by Gasteiger charge is -2.29. The highest BCUT2D eigenvalue weighted by Crippen LogP contribution is 2.33. The number of amidine groups is 1. The first-order valence-electron chi connectivity index (χ1n) is 5.67. The average Bonchev–Trinajstić information content (AvgIpc) is 2.78. The van der Waals surface area contributed by atoms with E-state index >= 15 is 0 Å². The number of hydrogen-bond acceptors (Lipinski definition) is 4. The molecule has 2 rings (SSSR count). The average molecular weight is 251 g/mol. The maximum absolute atomic E-state index is 8.84. The van der Waals surface area contributed by atoms with Gasteiger partial charge in [-0.2, -0.15) is 10.5 Å². The summed E-state index contributed by atoms with van der Waals surface area (Å²) in [6.45, 7) is 4.16. The van der Waals surface area contributed by atoms with E-state index in [2.05, 4.69) is 35.5 Å². The van der Waals surface area contributed by atoms with Crippen molar-refractivity contribution in [2.24, 2.45) is 0 Å². The number of nitrogens with one attached hydrogen (secondary N) is 4. The molecule has 0 aliphatic carbocycles. The Kier molecular flexibility index (Phi) is 2.77. The van der Waals surface area contributed by atoms with E-state index < -0.39 is 0 Å². The van der Waals surface area contributed by atoms with Crippen molar-refractivity contribution in [3.05, 3.63) is 23.5 Å². The molecule has 7 heteroatoms. The van der Waals surface area contributed by atoms with Gasteiger partial charge in [-0.15, -0.1) is 0 Å². The molecule has 2 heterocycles. The van der Waals surface area contributed by atoms with Crippen LogP contribution in [0.4, 0.5) is 0 Å². The summed E-state index contributed by atoms with van der Waals surface area (Å²) in [6, 6.07) is 0. The number of quaternary nitrogens is 1. The largest absolute Gasteiger partial charge is 0.290 e. The van der Waals surface area contributed by atoms with E-state index in [9.17, 15) is 0 Å². The molecule has 0 aromatic carbocycles. The second kappa shape index (κ2) is 3.91. The second-order valence-electron chi connectivity index (χ2n) is 5.45. The molecule has 1 aromatic rings. The first-order valence-corrected chi connectivity index (χ1v) is 5.67. The second-order valence-corrected chi connectivity index (χ2v) is 5.45. The van der Waals surface area contributed by atoms with Crippen molar-refractivity contribution in [2.45, 2.75) is 19.4 Å². The first-order chi connectivity index (χ1) is 8.27. The van der Waals surface area contributed by atoms with Gasteiger partial charge in [0, 0.05) is 12.3 Å². The fourth-order valence-electron chi connectivity index (χ4n) is 2.42. The molecule has 0 spiro atoms. The van der Waals surface area contributed by atoms with E-state index in [1.54, 1.807) is 6.20 Å². The van der Waals surface area contributed by atoms with Gasteiger partial charge >= 0.3 is 0 Å². The highest BCUT2D eigenvalue weighted by Gasteiger charge is 2.41. The topological polar surface area (TPSA) is 96.8 Å². The van der Waals surface area contributed by atoms with Crippen LogP contribution >= 0.6 is 0 Å². The number of nitrogens with zero attached hydrogens (tertiary/aromatic N) is 2. The Morgan fingerprint density at radius 3 is 2.67 bits per heavy atom. The van der Waals surface area contributed by atoms with Crippen LogP contribution < -0.4 is 10.9 Å². The minimum Gasteiger partial charge on any atom is -0.290 e. The molecule has 7 nitrogen and oxygen atoms in total. The van der Waals surface area contributed by atoms with Crippen molar-refractivity contribution in [3.8, 4) is 0 Å². The number of aromatic nitrogens is 2. The van der Waals surface area contributed by atoms with Gasteiger partial charge in [0.2, 0.25) is 0 Å². The summed E-state index contributed by atoms with van der Waals surface area (Å²) in [6.07, 6.45) is 3.84. The van der Waals surface area contributed by atoms with Crippen LogP contribution in [0.25, 0.3) is 5.70 Å². The van der Waals surface area contributed by atoms with E-state index in [0.717, 1.165) is 11.3 Å². The molecule has 98 valence electrons. The summed E-state index contributed by atoms with van der Waals surface area (Å²) in [5.74, 6) is -0.128. The normalized spacial score (nSPS) is 20.6. The maximum Gasteiger partial charge on any atom is 0.171 e. The molecule has 5 N–H and O–H groups in total. The van der Waals surface area contributed by atoms with Crippen molar-refractivity contribution in [1.82, 2.24) is 21.1 Å². The zero-order valence-corrected chi connectivity index (χ0v) is 11.0. The van der Waals surface area contributed by atoms with Gasteiger partial charge in [0.05, 0.1) is 25.2 Å². The monoisotopic (exact) mass is 251 g/mol. The predicted molar refractivity (Wildman–Crippen MR) is 67.6 cm³/mol. The highest BCUT2D eigenvalue weighted by molar-refractivity contribution is 5.97. The van der Waals surface area contributed by atoms with Gasteiger partial charge in [0.1, 0.15) is 5.69 Å². The van der Waals surface area contributed by atoms with Gasteiger partial charge in [0.25, 0.3) is 0 Å². The van der Waals surface area contributed by atoms with Crippen molar-refractivity contribution in [3.63, 3.8) is 0 Å². The van der Waals surface area contributed by atoms with Crippen molar-refractivity contribution in [2.75, 3.05) is 14.1 Å². The van der Waals surface area contributed by atoms with Crippen LogP contribution in [-0.2, 0) is 0 Å². The SMILES string of the molecule is CC1(C)C=C(c2c[nH]nc2C(=N)NO)[N+](C)(C)N1. The Morgan fingerprint density at radius 1 is 1.50 bits per heavy atom. The third-order valence-electron chi connectivity index (χ3n) is 2.93. The van der Waals surface area contributed by atoms with Gasteiger partial charge in [-0.1, -0.05) is 0 Å². The van der Waals surface area contributed by atoms with Crippen LogP contribution in [0.5, 0.6) is 0 Å². The van der Waals surface area contributed by atoms with Gasteiger partial charge in [-0.05, 0) is 13.8 Å². The zero-order valence-electron chi connectivity index (χ0n) is 11.0. The Bertz CT molecular complexity index is 513. The fraction of sp³-hybridized carbons (Fsp3) is 0.455. The number of rotatable bonds is 2. The van der Waals surface area contributed by atoms with E-state index in [1.165, 1.54) is 0 Å². The summed E-state index contributed by atoms with van der Waals surface area (Å²) in [4.78, 5) is 0. The number of hydroxylamine groups is 1. The molecule has 0 saturated heterocycles. The fourth-order valence-corrected chi connectivity index (χ4v) is 2.42. The Morgan fingerprint density at radius 2 is 2.17 bits per heavy atom. The Balaban J connectivity index is 2.50. The van der Waals surface area contributed by atoms with Gasteiger partial charge in [0.15, 0.2) is 11.5 Å². The third kappa shape index (κ3) is 2.03. The third-order valence-corrected chi connectivity index (χ3v) is 2.93. The maximum atomic E-state index is 8.84. The lowest BCUT2D eigenvalue weighted by Crippen LogP contribution is -2.52. The van der Waals surface area contributed by atoms with Gasteiger partial charge in [-0.25, -0.2) is 4.59 Å². The number of H-pyrrole nitrogens is 1. The quantitative estimate of drug-likeness (QED) is 0.228. The highest BCUT2D eigenvalue weighted by atomic mass is 16.5. The van der Waals surface area contributed by atoms with E-state index in [4.69, 9.17) is 10.6 Å². The molecule has 0 amide bonds. The van der Waals surface area contributed by atoms with Crippen LogP contribution in [-0.4, -0.2) is 45.5 Å². The van der Waals surface area contributed by atoms with Crippen LogP contribution in [0, 0.1) is 5.41 Å². The molecular formula is C11H19N6O+. The van der Waals surface area contributed by atoms with E-state index in [1.807, 2.05) is 19.6 Å². The van der Waals surface area contributed by atoms with E-state index in [0.29, 0.717) is 10.3 Å². The molecule has 0 saturated carbocycles. The Labute approximate surface area is 106 Å². The predicted octanol–water partition coefficient (Wildman–Crippen LogP) is 0.428. The van der Waals surface area contributed by atoms with Crippen LogP contribution in [0.1, 0.15) is 25.1 Å². The van der Waals surface area contributed by atoms with Gasteiger partial charge < -0.3 is 0 Å². The van der Waals surface area contributed by atoms with E-state index in [-0.39, 0.29) is 11.4 Å². The summed E-state index contributed by atoms with van der Waals surface area (Å²) in [5, 5.41) is 23.2. The minimum absolute atomic E-state index is 0.128. The van der Waals surface area contributed by atoms with Crippen molar-refractivity contribution >= 4 is 11.5 Å². The zero-order chi connectivity index (χ0) is 13.6. The molecule has 0 fully saturated rings. The minimum atomic E-state index is -0.137. The molecule has 1 aliphatic rings. The standard InChI is InChI=1S/C11H19N6O/c1-11(2)5-8(17(3,4)16-11)7-6-13-14-9(7)10(12)15-18/h5-6,16,18H,1-4H3,(H2,12,15)(H,13,14)/q+1. The van der Waals surface area contributed by atoms with Crippen molar-refractivity contribution in [1.29, 1.82) is 5.41 Å². The van der Waals surface area contributed by atoms with Gasteiger partial charge in [-0.3, -0.25) is 21.2 Å². The smallest absolute Gasteiger partial charge is 0.171 e. The van der Waals surface area contributed by atoms with Crippen LogP contribution in [0.15, 0.2) is 12.3 Å². The first kappa shape index (κ1) is 12.7. The van der Waals surface area contributed by atoms with Crippen LogP contribution in [0.3, 0.4) is 0 Å². The summed E-state index contributed by atoms with van der Waals surface area (Å²) < 4.78 is 0.484. The lowest BCUT2D eigenvalue weighted by atomic mass is 10.0. The molecule has 0 bridgehead atoms. The molecule has 0 atom stereocenters. The number of hydrogen-bond donors (Lipinski definition) is 5. The molecule has 1 aliphatic heterocycles. The molecule has 0 radical (unpaired) electrons. The van der Waals surface area contributed by atoms with Crippen LogP contribution in [0.2, 0.25) is 0 Å². The van der Waals surface area contributed by atoms with Crippen molar-refractivity contribution < 1.29 is 9.80 Å². The molecular weight excluding hydrogens is 232 g/mol. The number of aromatic amines is 1. The summed E-state index contributed by atoms with van der Waals surface area (Å²) >= 11 is 0. The summed E-state index contributed by atoms with van der Waals surface area (Å²) in [7, 11) is 4.04. The molecule has 18 heavy (non-hydrogen) atoms. The molecule has 1 aromatic heterocycles. The molecule has 0 unspecified atom stereocenters. The lowest BCUT2D eigenvalue weighted by molar-refractivity contribution is -0.864. The Hall–Kier alpha value is -1.70.